The molecule has 2 aromatic heterocycles. The van der Waals surface area contributed by atoms with Gasteiger partial charge in [0.05, 0.1) is 26.9 Å². The molecule has 0 unspecified atom stereocenters. The number of hydrogen-bond donors (Lipinski definition) is 0. The molecule has 0 bridgehead atoms. The standard InChI is InChI=1S/C55H37NO.C49H33NS/c1-4-16-38(17-5-1)40-30-33-44(34-31-40)56(45-23-14-20-41(36-45)39-18-6-2-7-19-39)52-29-15-26-48-49-37-43(32-35-53(49)57-54(48)52)55(42-21-8-3-9-22-42)50-27-12-10-24-46(50)47-25-11-13-28-51(47)55;1-4-16-34(17-5-1)35-30-32-38(33-31-35)50(37-20-8-3-9-21-37)46-29-15-25-42-41-24-14-28-45(47(41)51-48(42)46)49(36-18-6-2-7-19-36)43-26-12-10-22-39(43)40-23-11-13-27-44(40)49/h1-37H;1-33H. The topological polar surface area (TPSA) is 19.6 Å². The fraction of sp³-hybridized carbons (Fsp3) is 0.0192. The molecular formula is C104H70N2OS. The molecule has 2 heterocycles. The summed E-state index contributed by atoms with van der Waals surface area (Å²) in [6.45, 7) is 0. The van der Waals surface area contributed by atoms with E-state index in [2.05, 4.69) is 434 Å². The van der Waals surface area contributed by atoms with Crippen LogP contribution in [0.3, 0.4) is 0 Å². The Morgan fingerprint density at radius 2 is 0.574 bits per heavy atom. The molecule has 0 amide bonds. The molecule has 108 heavy (non-hydrogen) atoms. The SMILES string of the molecule is c1ccc(-c2ccc(N(c3cccc(-c4ccccc4)c3)c3cccc4c3oc3ccc(C5(c6ccccc6)c6ccccc6-c6ccccc65)cc34)cc2)cc1.c1ccc(-c2ccc(N(c3ccccc3)c3cccc4c3sc3c(C5(c6ccccc6)c6ccccc6-c6ccccc65)cccc34)cc2)cc1. The van der Waals surface area contributed by atoms with Gasteiger partial charge >= 0.3 is 0 Å². The Hall–Kier alpha value is -13.6. The Balaban J connectivity index is 0.000000143. The number of rotatable bonds is 13. The van der Waals surface area contributed by atoms with Crippen molar-refractivity contribution in [1.29, 1.82) is 0 Å². The average Bonchev–Trinajstić information content (AvgIpc) is 1.35. The van der Waals surface area contributed by atoms with Gasteiger partial charge < -0.3 is 14.2 Å². The molecule has 17 aromatic carbocycles. The normalized spacial score (nSPS) is 12.8. The van der Waals surface area contributed by atoms with Crippen LogP contribution in [-0.2, 0) is 10.8 Å². The first kappa shape index (κ1) is 64.0. The maximum absolute atomic E-state index is 6.97. The number of fused-ring (bicyclic) bond motifs is 12. The number of nitrogens with zero attached hydrogens (tertiary/aromatic N) is 2. The molecule has 0 saturated carbocycles. The highest BCUT2D eigenvalue weighted by molar-refractivity contribution is 7.26. The minimum Gasteiger partial charge on any atom is -0.454 e. The van der Waals surface area contributed by atoms with Crippen molar-refractivity contribution in [1.82, 2.24) is 0 Å². The van der Waals surface area contributed by atoms with Gasteiger partial charge in [-0.25, -0.2) is 0 Å². The minimum atomic E-state index is -0.492. The summed E-state index contributed by atoms with van der Waals surface area (Å²) in [5.41, 5.74) is 30.0. The Morgan fingerprint density at radius 1 is 0.213 bits per heavy atom. The van der Waals surface area contributed by atoms with Gasteiger partial charge in [0.1, 0.15) is 5.58 Å². The van der Waals surface area contributed by atoms with Crippen molar-refractivity contribution < 1.29 is 4.42 Å². The van der Waals surface area contributed by atoms with Crippen molar-refractivity contribution in [2.75, 3.05) is 9.80 Å². The molecule has 0 atom stereocenters. The Kier molecular flexibility index (Phi) is 15.9. The van der Waals surface area contributed by atoms with Gasteiger partial charge in [0.25, 0.3) is 0 Å². The average molecular weight is 1400 g/mol. The van der Waals surface area contributed by atoms with Gasteiger partial charge in [-0.15, -0.1) is 11.3 Å². The summed E-state index contributed by atoms with van der Waals surface area (Å²) < 4.78 is 9.57. The predicted molar refractivity (Wildman–Crippen MR) is 453 cm³/mol. The summed E-state index contributed by atoms with van der Waals surface area (Å²) in [5, 5.41) is 4.74. The Labute approximate surface area is 633 Å². The van der Waals surface area contributed by atoms with Crippen LogP contribution >= 0.6 is 11.3 Å². The summed E-state index contributed by atoms with van der Waals surface area (Å²) in [5.74, 6) is 0. The van der Waals surface area contributed by atoms with E-state index in [0.717, 1.165) is 55.9 Å². The Morgan fingerprint density at radius 3 is 1.10 bits per heavy atom. The van der Waals surface area contributed by atoms with Crippen molar-refractivity contribution in [3.63, 3.8) is 0 Å². The van der Waals surface area contributed by atoms with Gasteiger partial charge in [-0.05, 0) is 173 Å². The lowest BCUT2D eigenvalue weighted by Crippen LogP contribution is -2.28. The van der Waals surface area contributed by atoms with Crippen LogP contribution in [-0.4, -0.2) is 0 Å². The fourth-order valence-corrected chi connectivity index (χ4v) is 19.0. The molecule has 508 valence electrons. The molecule has 0 aliphatic heterocycles. The predicted octanol–water partition coefficient (Wildman–Crippen LogP) is 28.3. The first-order valence-corrected chi connectivity index (χ1v) is 37.9. The number of thiophene rings is 1. The first-order valence-electron chi connectivity index (χ1n) is 37.1. The van der Waals surface area contributed by atoms with Gasteiger partial charge in [0.2, 0.25) is 0 Å². The lowest BCUT2D eigenvalue weighted by molar-refractivity contribution is 0.668. The summed E-state index contributed by atoms with van der Waals surface area (Å²) >= 11 is 1.92. The second-order valence-electron chi connectivity index (χ2n) is 28.1. The summed E-state index contributed by atoms with van der Waals surface area (Å²) in [7, 11) is 0. The third kappa shape index (κ3) is 10.5. The van der Waals surface area contributed by atoms with Crippen molar-refractivity contribution >= 4 is 87.6 Å². The largest absolute Gasteiger partial charge is 0.454 e. The van der Waals surface area contributed by atoms with E-state index < -0.39 is 10.8 Å². The van der Waals surface area contributed by atoms with Crippen LogP contribution in [0.25, 0.3) is 97.7 Å². The molecule has 0 radical (unpaired) electrons. The lowest BCUT2D eigenvalue weighted by Gasteiger charge is -2.34. The molecule has 0 spiro atoms. The van der Waals surface area contributed by atoms with Gasteiger partial charge in [0, 0.05) is 49.0 Å². The van der Waals surface area contributed by atoms with Crippen molar-refractivity contribution in [2.45, 2.75) is 10.8 Å². The monoisotopic (exact) mass is 1390 g/mol. The molecule has 19 aromatic rings. The van der Waals surface area contributed by atoms with Gasteiger partial charge in [-0.3, -0.25) is 0 Å². The zero-order valence-corrected chi connectivity index (χ0v) is 59.9. The van der Waals surface area contributed by atoms with Crippen molar-refractivity contribution in [3.8, 4) is 55.6 Å². The van der Waals surface area contributed by atoms with Gasteiger partial charge in [0.15, 0.2) is 5.58 Å². The van der Waals surface area contributed by atoms with E-state index in [4.69, 9.17) is 4.42 Å². The van der Waals surface area contributed by atoms with Crippen molar-refractivity contribution in [3.05, 3.63) is 469 Å². The van der Waals surface area contributed by atoms with Gasteiger partial charge in [-0.1, -0.05) is 352 Å². The van der Waals surface area contributed by atoms with Gasteiger partial charge in [-0.2, -0.15) is 0 Å². The Bertz CT molecular complexity index is 6440. The van der Waals surface area contributed by atoms with Crippen LogP contribution in [0, 0.1) is 0 Å². The molecular weight excluding hydrogens is 1330 g/mol. The van der Waals surface area contributed by atoms with Crippen LogP contribution in [0.2, 0.25) is 0 Å². The summed E-state index contributed by atoms with van der Waals surface area (Å²) in [6, 6.07) is 154. The summed E-state index contributed by atoms with van der Waals surface area (Å²) in [6.07, 6.45) is 0. The van der Waals surface area contributed by atoms with Crippen LogP contribution in [0.4, 0.5) is 34.1 Å². The number of anilines is 6. The van der Waals surface area contributed by atoms with Crippen LogP contribution in [0.5, 0.6) is 0 Å². The van der Waals surface area contributed by atoms with E-state index >= 15 is 0 Å². The first-order chi connectivity index (χ1) is 53.6. The van der Waals surface area contributed by atoms with Crippen molar-refractivity contribution in [2.24, 2.45) is 0 Å². The molecule has 2 aliphatic carbocycles. The van der Waals surface area contributed by atoms with E-state index in [1.807, 2.05) is 11.3 Å². The molecule has 0 N–H and O–H groups in total. The maximum atomic E-state index is 6.97. The third-order valence-corrected chi connectivity index (χ3v) is 23.6. The second-order valence-corrected chi connectivity index (χ2v) is 29.1. The molecule has 3 nitrogen and oxygen atoms in total. The highest BCUT2D eigenvalue weighted by atomic mass is 32.1. The number of benzene rings is 17. The molecule has 4 heteroatoms. The van der Waals surface area contributed by atoms with Crippen LogP contribution < -0.4 is 9.80 Å². The molecule has 21 rings (SSSR count). The lowest BCUT2D eigenvalue weighted by atomic mass is 9.67. The van der Waals surface area contributed by atoms with E-state index in [-0.39, 0.29) is 0 Å². The molecule has 0 fully saturated rings. The molecule has 0 saturated heterocycles. The van der Waals surface area contributed by atoms with Crippen LogP contribution in [0.15, 0.2) is 429 Å². The maximum Gasteiger partial charge on any atom is 0.159 e. The third-order valence-electron chi connectivity index (χ3n) is 22.3. The van der Waals surface area contributed by atoms with E-state index in [1.54, 1.807) is 0 Å². The second kappa shape index (κ2) is 26.8. The highest BCUT2D eigenvalue weighted by Crippen LogP contribution is 2.60. The van der Waals surface area contributed by atoms with E-state index in [0.29, 0.717) is 0 Å². The van der Waals surface area contributed by atoms with E-state index in [9.17, 15) is 0 Å². The number of para-hydroxylation sites is 2. The van der Waals surface area contributed by atoms with E-state index in [1.165, 1.54) is 120 Å². The number of furan rings is 1. The number of hydrogen-bond acceptors (Lipinski definition) is 4. The zero-order chi connectivity index (χ0) is 71.5. The molecule has 2 aliphatic rings. The highest BCUT2D eigenvalue weighted by Gasteiger charge is 2.48. The quantitative estimate of drug-likeness (QED) is 0.115. The zero-order valence-electron chi connectivity index (χ0n) is 59.1. The fourth-order valence-electron chi connectivity index (χ4n) is 17.6. The van der Waals surface area contributed by atoms with Crippen LogP contribution in [0.1, 0.15) is 44.5 Å². The smallest absolute Gasteiger partial charge is 0.159 e. The minimum absolute atomic E-state index is 0.457. The summed E-state index contributed by atoms with van der Waals surface area (Å²) in [4.78, 5) is 4.75.